The Morgan fingerprint density at radius 3 is 2.37 bits per heavy atom. The molecule has 35 heavy (non-hydrogen) atoms. The lowest BCUT2D eigenvalue weighted by Gasteiger charge is -2.34. The number of sulfonamides is 1. The molecule has 2 heterocycles. The van der Waals surface area contributed by atoms with Crippen LogP contribution in [0.25, 0.3) is 0 Å². The maximum atomic E-state index is 13.6. The molecule has 0 fully saturated rings. The quantitative estimate of drug-likeness (QED) is 0.398. The fourth-order valence-corrected chi connectivity index (χ4v) is 6.49. The number of pyridine rings is 1. The maximum absolute atomic E-state index is 13.6. The summed E-state index contributed by atoms with van der Waals surface area (Å²) >= 11 is 18.3. The largest absolute Gasteiger partial charge is 0.481 e. The van der Waals surface area contributed by atoms with E-state index in [9.17, 15) is 23.1 Å². The molecule has 0 saturated carbocycles. The third-order valence-corrected chi connectivity index (χ3v) is 8.23. The Kier molecular flexibility index (Phi) is 7.38. The van der Waals surface area contributed by atoms with Crippen molar-refractivity contribution in [1.82, 2.24) is 4.98 Å². The molecule has 3 aromatic rings. The van der Waals surface area contributed by atoms with E-state index in [0.29, 0.717) is 17.7 Å². The minimum absolute atomic E-state index is 0.0435. The van der Waals surface area contributed by atoms with Crippen molar-refractivity contribution in [2.24, 2.45) is 5.92 Å². The molecule has 0 amide bonds. The molecule has 11 heteroatoms. The molecule has 1 atom stereocenters. The van der Waals surface area contributed by atoms with Crippen LogP contribution in [0.4, 0.5) is 5.82 Å². The lowest BCUT2D eigenvalue weighted by Crippen LogP contribution is -2.41. The molecule has 0 aliphatic carbocycles. The number of carboxylic acid groups (broad SMARTS) is 1. The summed E-state index contributed by atoms with van der Waals surface area (Å²) in [7, 11) is -4.11. The van der Waals surface area contributed by atoms with Crippen molar-refractivity contribution >= 4 is 62.4 Å². The highest BCUT2D eigenvalue weighted by Gasteiger charge is 2.35. The predicted molar refractivity (Wildman–Crippen MR) is 134 cm³/mol. The molecule has 7 nitrogen and oxygen atoms in total. The maximum Gasteiger partial charge on any atom is 0.303 e. The normalized spacial score (nSPS) is 15.5. The summed E-state index contributed by atoms with van der Waals surface area (Å²) in [6, 6.07) is 13.8. The number of ketones is 1. The summed E-state index contributed by atoms with van der Waals surface area (Å²) in [5.74, 6) is -1.69. The van der Waals surface area contributed by atoms with Crippen LogP contribution < -0.4 is 4.31 Å². The van der Waals surface area contributed by atoms with Gasteiger partial charge in [0.05, 0.1) is 39.0 Å². The Bertz CT molecular complexity index is 1410. The van der Waals surface area contributed by atoms with Gasteiger partial charge in [-0.25, -0.2) is 17.7 Å². The van der Waals surface area contributed by atoms with Crippen molar-refractivity contribution in [2.45, 2.75) is 24.2 Å². The molecule has 0 unspecified atom stereocenters. The third-order valence-electron chi connectivity index (χ3n) is 5.61. The minimum atomic E-state index is -4.11. The number of rotatable bonds is 7. The highest BCUT2D eigenvalue weighted by atomic mass is 35.5. The first kappa shape index (κ1) is 25.4. The van der Waals surface area contributed by atoms with Crippen LogP contribution in [0.2, 0.25) is 15.1 Å². The average molecular weight is 554 g/mol. The number of benzene rings is 2. The van der Waals surface area contributed by atoms with Gasteiger partial charge in [-0.1, -0.05) is 53.0 Å². The van der Waals surface area contributed by atoms with E-state index in [1.165, 1.54) is 18.2 Å². The van der Waals surface area contributed by atoms with E-state index in [1.807, 2.05) is 0 Å². The van der Waals surface area contributed by atoms with E-state index in [4.69, 9.17) is 34.8 Å². The van der Waals surface area contributed by atoms with Crippen LogP contribution in [-0.4, -0.2) is 36.8 Å². The van der Waals surface area contributed by atoms with Crippen LogP contribution in [0.1, 0.15) is 28.0 Å². The summed E-state index contributed by atoms with van der Waals surface area (Å²) < 4.78 is 28.2. The van der Waals surface area contributed by atoms with Crippen LogP contribution in [0, 0.1) is 5.92 Å². The van der Waals surface area contributed by atoms with Gasteiger partial charge in [0.2, 0.25) is 0 Å². The third kappa shape index (κ3) is 5.46. The molecule has 182 valence electrons. The van der Waals surface area contributed by atoms with Crippen molar-refractivity contribution in [3.63, 3.8) is 0 Å². The average Bonchev–Trinajstić information content (AvgIpc) is 2.78. The molecule has 0 radical (unpaired) electrons. The van der Waals surface area contributed by atoms with Gasteiger partial charge in [-0.3, -0.25) is 9.59 Å². The van der Waals surface area contributed by atoms with Crippen molar-refractivity contribution in [3.05, 3.63) is 86.5 Å². The molecule has 1 aliphatic heterocycles. The number of halogens is 3. The standard InChI is InChI=1S/C24H19Cl3N2O5S/c25-16-3-1-4-18(11-16)35(33,34)29-13-14(10-22(31)32)9-15-7-8-17(28-24(15)29)12-21(30)23-19(26)5-2-6-20(23)27/h1-8,11,14H,9-10,12-13H2,(H,31,32)/t14-/m0/s1. The summed E-state index contributed by atoms with van der Waals surface area (Å²) in [4.78, 5) is 28.7. The Hall–Kier alpha value is -2.65. The van der Waals surface area contributed by atoms with Crippen LogP contribution in [0.15, 0.2) is 59.5 Å². The molecule has 1 N–H and O–H groups in total. The lowest BCUT2D eigenvalue weighted by molar-refractivity contribution is -0.138. The monoisotopic (exact) mass is 552 g/mol. The van der Waals surface area contributed by atoms with E-state index >= 15 is 0 Å². The predicted octanol–water partition coefficient (Wildman–Crippen LogP) is 5.31. The lowest BCUT2D eigenvalue weighted by atomic mass is 9.93. The van der Waals surface area contributed by atoms with Gasteiger partial charge < -0.3 is 5.11 Å². The Morgan fingerprint density at radius 2 is 1.71 bits per heavy atom. The molecule has 0 saturated heterocycles. The number of Topliss-reactive ketones (excluding diaryl/α,β-unsaturated/α-hetero) is 1. The number of aliphatic carboxylic acids is 1. The van der Waals surface area contributed by atoms with Gasteiger partial charge in [0.15, 0.2) is 5.78 Å². The van der Waals surface area contributed by atoms with Gasteiger partial charge in [-0.2, -0.15) is 0 Å². The van der Waals surface area contributed by atoms with Crippen molar-refractivity contribution in [3.8, 4) is 0 Å². The fourth-order valence-electron chi connectivity index (χ4n) is 4.05. The van der Waals surface area contributed by atoms with Crippen molar-refractivity contribution in [2.75, 3.05) is 10.8 Å². The highest BCUT2D eigenvalue weighted by Crippen LogP contribution is 2.35. The van der Waals surface area contributed by atoms with Crippen LogP contribution in [-0.2, 0) is 27.7 Å². The zero-order valence-electron chi connectivity index (χ0n) is 18.1. The van der Waals surface area contributed by atoms with E-state index in [1.54, 1.807) is 36.4 Å². The van der Waals surface area contributed by atoms with E-state index in [-0.39, 0.29) is 56.5 Å². The number of aromatic nitrogens is 1. The molecular formula is C24H19Cl3N2O5S. The zero-order chi connectivity index (χ0) is 25.3. The molecule has 0 spiro atoms. The second-order valence-corrected chi connectivity index (χ2v) is 11.3. The number of hydrogen-bond acceptors (Lipinski definition) is 5. The summed E-state index contributed by atoms with van der Waals surface area (Å²) in [6.07, 6.45) is -0.0205. The minimum Gasteiger partial charge on any atom is -0.481 e. The molecule has 2 aromatic carbocycles. The summed E-state index contributed by atoms with van der Waals surface area (Å²) in [6.45, 7) is -0.0745. The molecule has 1 aliphatic rings. The first-order valence-corrected chi connectivity index (χ1v) is 13.1. The van der Waals surface area contributed by atoms with Crippen LogP contribution in [0.3, 0.4) is 0 Å². The van der Waals surface area contributed by atoms with E-state index in [0.717, 1.165) is 4.31 Å². The van der Waals surface area contributed by atoms with Gasteiger partial charge in [0, 0.05) is 11.6 Å². The number of carbonyl (C=O) groups excluding carboxylic acids is 1. The number of anilines is 1. The summed E-state index contributed by atoms with van der Waals surface area (Å²) in [5.41, 5.74) is 1.06. The Labute approximate surface area is 217 Å². The van der Waals surface area contributed by atoms with Gasteiger partial charge in [-0.05, 0) is 54.3 Å². The topological polar surface area (TPSA) is 105 Å². The number of hydrogen-bond donors (Lipinski definition) is 1. The Balaban J connectivity index is 1.74. The molecule has 1 aromatic heterocycles. The van der Waals surface area contributed by atoms with Crippen molar-refractivity contribution < 1.29 is 23.1 Å². The SMILES string of the molecule is O=C(O)C[C@@H]1Cc2ccc(CC(=O)c3c(Cl)cccc3Cl)nc2N(S(=O)(=O)c2cccc(Cl)c2)C1. The smallest absolute Gasteiger partial charge is 0.303 e. The number of fused-ring (bicyclic) bond motifs is 1. The van der Waals surface area contributed by atoms with Crippen LogP contribution >= 0.6 is 34.8 Å². The van der Waals surface area contributed by atoms with Gasteiger partial charge in [0.1, 0.15) is 5.82 Å². The van der Waals surface area contributed by atoms with Crippen LogP contribution in [0.5, 0.6) is 0 Å². The van der Waals surface area contributed by atoms with E-state index < -0.39 is 21.9 Å². The first-order chi connectivity index (χ1) is 16.6. The molecular weight excluding hydrogens is 535 g/mol. The fraction of sp³-hybridized carbons (Fsp3) is 0.208. The second-order valence-electron chi connectivity index (χ2n) is 8.14. The zero-order valence-corrected chi connectivity index (χ0v) is 21.2. The molecule has 0 bridgehead atoms. The number of nitrogens with zero attached hydrogens (tertiary/aromatic N) is 2. The van der Waals surface area contributed by atoms with Gasteiger partial charge >= 0.3 is 5.97 Å². The highest BCUT2D eigenvalue weighted by molar-refractivity contribution is 7.92. The number of carboxylic acids is 1. The number of carbonyl (C=O) groups is 2. The second kappa shape index (κ2) is 10.1. The van der Waals surface area contributed by atoms with E-state index in [2.05, 4.69) is 4.98 Å². The molecule has 4 rings (SSSR count). The van der Waals surface area contributed by atoms with Gasteiger partial charge in [0.25, 0.3) is 10.0 Å². The summed E-state index contributed by atoms with van der Waals surface area (Å²) in [5, 5.41) is 9.96. The van der Waals surface area contributed by atoms with Gasteiger partial charge in [-0.15, -0.1) is 0 Å². The first-order valence-electron chi connectivity index (χ1n) is 10.5. The Morgan fingerprint density at radius 1 is 1.03 bits per heavy atom. The van der Waals surface area contributed by atoms with Crippen molar-refractivity contribution in [1.29, 1.82) is 0 Å².